The Hall–Kier alpha value is -2.67. The molecule has 0 atom stereocenters. The number of carbonyl (C=O) groups excluding carboxylic acids is 2. The molecule has 1 spiro atoms. The zero-order valence-electron chi connectivity index (χ0n) is 18.9. The Morgan fingerprint density at radius 1 is 1.16 bits per heavy atom. The summed E-state index contributed by atoms with van der Waals surface area (Å²) in [6.45, 7) is 11.1. The van der Waals surface area contributed by atoms with E-state index in [0.29, 0.717) is 30.1 Å². The van der Waals surface area contributed by atoms with Crippen LogP contribution in [0.5, 0.6) is 0 Å². The first-order valence-corrected chi connectivity index (χ1v) is 11.1. The molecule has 2 fully saturated rings. The number of para-hydroxylation sites is 1. The number of likely N-dealkylation sites (tertiary alicyclic amines) is 1. The van der Waals surface area contributed by atoms with Crippen molar-refractivity contribution in [2.75, 3.05) is 26.2 Å². The molecule has 0 radical (unpaired) electrons. The Kier molecular flexibility index (Phi) is 5.64. The van der Waals surface area contributed by atoms with E-state index in [2.05, 4.69) is 20.6 Å². The molecule has 2 amide bonds. The van der Waals surface area contributed by atoms with Crippen LogP contribution in [0.2, 0.25) is 0 Å². The average molecular weight is 424 g/mol. The Labute approximate surface area is 184 Å². The highest BCUT2D eigenvalue weighted by Crippen LogP contribution is 2.51. The lowest BCUT2D eigenvalue weighted by Gasteiger charge is -2.59. The SMILES string of the molecule is Cc1cc(C(=O)NCC2CC3(C2)CN(CC(=O)NC(C)(C)C)C3)nn1-c1ccccc1. The summed E-state index contributed by atoms with van der Waals surface area (Å²) in [6.07, 6.45) is 2.23. The van der Waals surface area contributed by atoms with Gasteiger partial charge in [0.2, 0.25) is 5.91 Å². The van der Waals surface area contributed by atoms with Gasteiger partial charge in [0.05, 0.1) is 12.2 Å². The predicted octanol–water partition coefficient (Wildman–Crippen LogP) is 2.54. The van der Waals surface area contributed by atoms with Crippen molar-refractivity contribution in [2.45, 2.75) is 46.1 Å². The van der Waals surface area contributed by atoms with Gasteiger partial charge in [0.25, 0.3) is 5.91 Å². The van der Waals surface area contributed by atoms with Crippen molar-refractivity contribution in [2.24, 2.45) is 11.3 Å². The van der Waals surface area contributed by atoms with Crippen molar-refractivity contribution in [1.29, 1.82) is 0 Å². The van der Waals surface area contributed by atoms with Gasteiger partial charge >= 0.3 is 0 Å². The van der Waals surface area contributed by atoms with Crippen LogP contribution in [0, 0.1) is 18.3 Å². The van der Waals surface area contributed by atoms with Gasteiger partial charge in [-0.05, 0) is 70.1 Å². The smallest absolute Gasteiger partial charge is 0.271 e. The zero-order chi connectivity index (χ0) is 22.2. The molecule has 1 aromatic carbocycles. The highest BCUT2D eigenvalue weighted by Gasteiger charge is 2.52. The van der Waals surface area contributed by atoms with Crippen molar-refractivity contribution in [1.82, 2.24) is 25.3 Å². The van der Waals surface area contributed by atoms with Crippen molar-refractivity contribution in [3.05, 3.63) is 47.8 Å². The molecule has 0 bridgehead atoms. The third kappa shape index (κ3) is 4.98. The minimum absolute atomic E-state index is 0.0933. The summed E-state index contributed by atoms with van der Waals surface area (Å²) in [6, 6.07) is 11.7. The molecule has 166 valence electrons. The molecule has 0 unspecified atom stereocenters. The number of rotatable bonds is 6. The summed E-state index contributed by atoms with van der Waals surface area (Å²) in [5.41, 5.74) is 2.50. The number of aromatic nitrogens is 2. The molecule has 1 aromatic heterocycles. The molecule has 1 saturated carbocycles. The summed E-state index contributed by atoms with van der Waals surface area (Å²) in [5, 5.41) is 10.6. The Bertz CT molecular complexity index is 946. The fraction of sp³-hybridized carbons (Fsp3) is 0.542. The lowest BCUT2D eigenvalue weighted by atomic mass is 9.57. The number of amides is 2. The topological polar surface area (TPSA) is 79.3 Å². The third-order valence-corrected chi connectivity index (χ3v) is 6.12. The van der Waals surface area contributed by atoms with Crippen LogP contribution in [0.15, 0.2) is 36.4 Å². The Balaban J connectivity index is 1.20. The van der Waals surface area contributed by atoms with E-state index in [1.54, 1.807) is 4.68 Å². The predicted molar refractivity (Wildman–Crippen MR) is 120 cm³/mol. The van der Waals surface area contributed by atoms with Gasteiger partial charge < -0.3 is 10.6 Å². The second kappa shape index (κ2) is 8.11. The molecule has 1 saturated heterocycles. The Morgan fingerprint density at radius 2 is 1.84 bits per heavy atom. The van der Waals surface area contributed by atoms with Gasteiger partial charge in [0.15, 0.2) is 5.69 Å². The van der Waals surface area contributed by atoms with Gasteiger partial charge in [-0.3, -0.25) is 14.5 Å². The fourth-order valence-electron chi connectivity index (χ4n) is 4.99. The fourth-order valence-corrected chi connectivity index (χ4v) is 4.99. The zero-order valence-corrected chi connectivity index (χ0v) is 18.9. The van der Waals surface area contributed by atoms with Gasteiger partial charge in [0.1, 0.15) is 0 Å². The van der Waals surface area contributed by atoms with Crippen LogP contribution in [0.3, 0.4) is 0 Å². The summed E-state index contributed by atoms with van der Waals surface area (Å²) in [4.78, 5) is 26.9. The number of benzene rings is 1. The number of nitrogens with one attached hydrogen (secondary N) is 2. The molecule has 1 aliphatic heterocycles. The number of hydrogen-bond donors (Lipinski definition) is 2. The molecule has 2 aromatic rings. The van der Waals surface area contributed by atoms with Gasteiger partial charge in [0, 0.05) is 30.9 Å². The molecule has 2 heterocycles. The first-order valence-electron chi connectivity index (χ1n) is 11.1. The van der Waals surface area contributed by atoms with E-state index in [1.165, 1.54) is 0 Å². The van der Waals surface area contributed by atoms with Gasteiger partial charge in [-0.15, -0.1) is 0 Å². The first kappa shape index (κ1) is 21.6. The van der Waals surface area contributed by atoms with Gasteiger partial charge in [-0.25, -0.2) is 4.68 Å². The maximum absolute atomic E-state index is 12.6. The second-order valence-electron chi connectivity index (χ2n) is 10.3. The summed E-state index contributed by atoms with van der Waals surface area (Å²) < 4.78 is 1.80. The highest BCUT2D eigenvalue weighted by atomic mass is 16.2. The van der Waals surface area contributed by atoms with Crippen LogP contribution in [0.4, 0.5) is 0 Å². The lowest BCUT2D eigenvalue weighted by molar-refractivity contribution is -0.133. The average Bonchev–Trinajstić information content (AvgIpc) is 3.02. The molecule has 2 aliphatic rings. The van der Waals surface area contributed by atoms with Crippen LogP contribution >= 0.6 is 0 Å². The van der Waals surface area contributed by atoms with Crippen LogP contribution in [-0.4, -0.2) is 58.2 Å². The molecular weight excluding hydrogens is 390 g/mol. The summed E-state index contributed by atoms with van der Waals surface area (Å²) in [7, 11) is 0. The molecule has 7 heteroatoms. The highest BCUT2D eigenvalue weighted by molar-refractivity contribution is 5.92. The molecule has 4 rings (SSSR count). The third-order valence-electron chi connectivity index (χ3n) is 6.12. The standard InChI is InChI=1S/C24H33N5O2/c1-17-10-20(27-29(17)19-8-6-5-7-9-19)22(31)25-13-18-11-24(12-18)15-28(16-24)14-21(30)26-23(2,3)4/h5-10,18H,11-16H2,1-4H3,(H,25,31)(H,26,30). The number of aryl methyl sites for hydroxylation is 1. The number of nitrogens with zero attached hydrogens (tertiary/aromatic N) is 3. The molecule has 31 heavy (non-hydrogen) atoms. The van der Waals surface area contributed by atoms with Gasteiger partial charge in [-0.1, -0.05) is 18.2 Å². The van der Waals surface area contributed by atoms with Gasteiger partial charge in [-0.2, -0.15) is 5.10 Å². The van der Waals surface area contributed by atoms with Crippen LogP contribution in [0.25, 0.3) is 5.69 Å². The van der Waals surface area contributed by atoms with E-state index in [0.717, 1.165) is 37.3 Å². The summed E-state index contributed by atoms with van der Waals surface area (Å²) >= 11 is 0. The molecule has 7 nitrogen and oxygen atoms in total. The monoisotopic (exact) mass is 423 g/mol. The second-order valence-corrected chi connectivity index (χ2v) is 10.3. The largest absolute Gasteiger partial charge is 0.350 e. The molecular formula is C24H33N5O2. The van der Waals surface area contributed by atoms with E-state index in [4.69, 9.17) is 0 Å². The van der Waals surface area contributed by atoms with E-state index in [9.17, 15) is 9.59 Å². The van der Waals surface area contributed by atoms with E-state index in [1.807, 2.05) is 64.1 Å². The normalized spacial score (nSPS) is 18.3. The van der Waals surface area contributed by atoms with Crippen LogP contribution in [-0.2, 0) is 4.79 Å². The minimum atomic E-state index is -0.186. The maximum atomic E-state index is 12.6. The van der Waals surface area contributed by atoms with E-state index in [-0.39, 0.29) is 17.4 Å². The number of carbonyl (C=O) groups is 2. The van der Waals surface area contributed by atoms with E-state index >= 15 is 0 Å². The summed E-state index contributed by atoms with van der Waals surface area (Å²) in [5.74, 6) is 0.482. The molecule has 1 aliphatic carbocycles. The van der Waals surface area contributed by atoms with E-state index < -0.39 is 0 Å². The van der Waals surface area contributed by atoms with Crippen LogP contribution < -0.4 is 10.6 Å². The number of hydrogen-bond acceptors (Lipinski definition) is 4. The quantitative estimate of drug-likeness (QED) is 0.748. The van der Waals surface area contributed by atoms with Crippen LogP contribution in [0.1, 0.15) is 49.8 Å². The maximum Gasteiger partial charge on any atom is 0.271 e. The van der Waals surface area contributed by atoms with Crippen molar-refractivity contribution in [3.8, 4) is 5.69 Å². The first-order chi connectivity index (χ1) is 14.6. The Morgan fingerprint density at radius 3 is 2.48 bits per heavy atom. The van der Waals surface area contributed by atoms with Crippen molar-refractivity contribution >= 4 is 11.8 Å². The minimum Gasteiger partial charge on any atom is -0.350 e. The lowest BCUT2D eigenvalue weighted by Crippen LogP contribution is -2.64. The van der Waals surface area contributed by atoms with Crippen molar-refractivity contribution < 1.29 is 9.59 Å². The molecule has 2 N–H and O–H groups in total. The van der Waals surface area contributed by atoms with Crippen molar-refractivity contribution in [3.63, 3.8) is 0 Å².